The summed E-state index contributed by atoms with van der Waals surface area (Å²) in [4.78, 5) is 21.2. The minimum Gasteiger partial charge on any atom is -0.324 e. The van der Waals surface area contributed by atoms with Gasteiger partial charge < -0.3 is 5.73 Å². The van der Waals surface area contributed by atoms with E-state index in [1.54, 1.807) is 0 Å². The predicted molar refractivity (Wildman–Crippen MR) is 40.0 cm³/mol. The van der Waals surface area contributed by atoms with Crippen LogP contribution in [-0.4, -0.2) is 33.1 Å². The van der Waals surface area contributed by atoms with Gasteiger partial charge in [-0.3, -0.25) is 13.8 Å². The maximum Gasteiger partial charge on any atom is 0.257 e. The summed E-state index contributed by atoms with van der Waals surface area (Å²) in [5, 5.41) is 0. The molecule has 0 heterocycles. The van der Waals surface area contributed by atoms with Crippen molar-refractivity contribution in [2.75, 3.05) is 13.2 Å². The molecule has 0 saturated heterocycles. The third kappa shape index (κ3) is 5.96. The zero-order valence-corrected chi connectivity index (χ0v) is 7.08. The van der Waals surface area contributed by atoms with Gasteiger partial charge in [-0.1, -0.05) is 0 Å². The Bertz CT molecular complexity index is 238. The second-order valence-electron chi connectivity index (χ2n) is 1.96. The van der Waals surface area contributed by atoms with Crippen molar-refractivity contribution in [3.8, 4) is 0 Å². The molecule has 0 atom stereocenters. The highest BCUT2D eigenvalue weighted by atomic mass is 32.2. The summed E-state index contributed by atoms with van der Waals surface area (Å²) >= 11 is 0. The molecule has 70 valence electrons. The van der Waals surface area contributed by atoms with E-state index < -0.39 is 29.2 Å². The van der Waals surface area contributed by atoms with Crippen molar-refractivity contribution in [1.82, 2.24) is 0 Å². The maximum atomic E-state index is 10.6. The molecule has 0 aromatic rings. The second kappa shape index (κ2) is 5.81. The quantitative estimate of drug-likeness (QED) is 0.376. The fourth-order valence-corrected chi connectivity index (χ4v) is 0.717. The standard InChI is InChI=1S/C5H9NO5S/c6-2-4(7)1-5(8)3-11-12(9)10/h12H,1-3,6H2. The molecule has 0 aliphatic heterocycles. The van der Waals surface area contributed by atoms with Gasteiger partial charge in [0.2, 0.25) is 0 Å². The van der Waals surface area contributed by atoms with E-state index in [9.17, 15) is 18.0 Å². The largest absolute Gasteiger partial charge is 0.324 e. The molecule has 12 heavy (non-hydrogen) atoms. The number of hydrogen-bond acceptors (Lipinski definition) is 6. The molecular weight excluding hydrogens is 186 g/mol. The molecule has 0 radical (unpaired) electrons. The molecular formula is C5H9NO5S. The van der Waals surface area contributed by atoms with Crippen LogP contribution in [0.3, 0.4) is 0 Å². The Hall–Kier alpha value is -0.790. The SMILES string of the molecule is NCC(=O)CC(=O)CO[SH](=O)=O. The summed E-state index contributed by atoms with van der Waals surface area (Å²) in [6, 6.07) is 0. The van der Waals surface area contributed by atoms with Gasteiger partial charge in [-0.25, -0.2) is 8.42 Å². The lowest BCUT2D eigenvalue weighted by molar-refractivity contribution is -0.127. The molecule has 0 aromatic carbocycles. The molecule has 0 aliphatic rings. The van der Waals surface area contributed by atoms with Crippen molar-refractivity contribution < 1.29 is 22.2 Å². The Morgan fingerprint density at radius 3 is 2.25 bits per heavy atom. The van der Waals surface area contributed by atoms with Crippen LogP contribution in [0.15, 0.2) is 0 Å². The van der Waals surface area contributed by atoms with Crippen molar-refractivity contribution in [1.29, 1.82) is 0 Å². The topological polar surface area (TPSA) is 104 Å². The lowest BCUT2D eigenvalue weighted by atomic mass is 10.2. The summed E-state index contributed by atoms with van der Waals surface area (Å²) in [6.45, 7) is -0.820. The first-order valence-corrected chi connectivity index (χ1v) is 4.16. The number of thiol groups is 1. The van der Waals surface area contributed by atoms with Crippen LogP contribution in [0.5, 0.6) is 0 Å². The molecule has 0 saturated carbocycles. The highest BCUT2D eigenvalue weighted by Crippen LogP contribution is 1.86. The Kier molecular flexibility index (Phi) is 5.43. The van der Waals surface area contributed by atoms with E-state index >= 15 is 0 Å². The Morgan fingerprint density at radius 2 is 1.83 bits per heavy atom. The minimum atomic E-state index is -3.03. The molecule has 0 spiro atoms. The summed E-state index contributed by atoms with van der Waals surface area (Å²) in [5.41, 5.74) is 4.91. The monoisotopic (exact) mass is 195 g/mol. The van der Waals surface area contributed by atoms with Crippen LogP contribution in [0.2, 0.25) is 0 Å². The molecule has 2 N–H and O–H groups in total. The van der Waals surface area contributed by atoms with Gasteiger partial charge in [0, 0.05) is 0 Å². The number of carbonyl (C=O) groups is 2. The number of Topliss-reactive ketones (excluding diaryl/α,β-unsaturated/α-hetero) is 2. The van der Waals surface area contributed by atoms with Crippen molar-refractivity contribution >= 4 is 22.6 Å². The van der Waals surface area contributed by atoms with Crippen molar-refractivity contribution in [2.45, 2.75) is 6.42 Å². The van der Waals surface area contributed by atoms with Crippen LogP contribution in [-0.2, 0) is 24.8 Å². The van der Waals surface area contributed by atoms with Gasteiger partial charge in [0.15, 0.2) is 11.6 Å². The van der Waals surface area contributed by atoms with E-state index in [1.807, 2.05) is 0 Å². The molecule has 0 aliphatic carbocycles. The van der Waals surface area contributed by atoms with Gasteiger partial charge in [0.25, 0.3) is 11.0 Å². The number of nitrogens with two attached hydrogens (primary N) is 1. The first-order valence-electron chi connectivity index (χ1n) is 3.07. The van der Waals surface area contributed by atoms with Gasteiger partial charge in [0.05, 0.1) is 13.0 Å². The zero-order chi connectivity index (χ0) is 9.56. The van der Waals surface area contributed by atoms with E-state index in [4.69, 9.17) is 5.73 Å². The number of ketones is 2. The van der Waals surface area contributed by atoms with Gasteiger partial charge in [0.1, 0.15) is 6.61 Å². The van der Waals surface area contributed by atoms with Crippen LogP contribution < -0.4 is 5.73 Å². The fourth-order valence-electron chi connectivity index (χ4n) is 0.468. The fraction of sp³-hybridized carbons (Fsp3) is 0.600. The summed E-state index contributed by atoms with van der Waals surface area (Å²) in [7, 11) is -3.03. The van der Waals surface area contributed by atoms with Gasteiger partial charge >= 0.3 is 0 Å². The second-order valence-corrected chi connectivity index (χ2v) is 2.66. The van der Waals surface area contributed by atoms with Gasteiger partial charge in [-0.2, -0.15) is 0 Å². The predicted octanol–water partition coefficient (Wildman–Crippen LogP) is -1.98. The van der Waals surface area contributed by atoms with E-state index in [1.165, 1.54) is 0 Å². The van der Waals surface area contributed by atoms with Crippen LogP contribution in [0, 0.1) is 0 Å². The van der Waals surface area contributed by atoms with E-state index in [2.05, 4.69) is 4.18 Å². The average Bonchev–Trinajstić information content (AvgIpc) is 2.00. The number of rotatable bonds is 6. The number of carbonyl (C=O) groups excluding carboxylic acids is 2. The summed E-state index contributed by atoms with van der Waals surface area (Å²) in [5.74, 6) is -1.03. The van der Waals surface area contributed by atoms with Crippen LogP contribution in [0.25, 0.3) is 0 Å². The molecule has 7 heteroatoms. The molecule has 0 bridgehead atoms. The van der Waals surface area contributed by atoms with E-state index in [0.29, 0.717) is 0 Å². The third-order valence-corrected chi connectivity index (χ3v) is 1.29. The van der Waals surface area contributed by atoms with Crippen LogP contribution in [0.4, 0.5) is 0 Å². The Morgan fingerprint density at radius 1 is 1.25 bits per heavy atom. The van der Waals surface area contributed by atoms with E-state index in [0.717, 1.165) is 0 Å². The summed E-state index contributed by atoms with van der Waals surface area (Å²) in [6.07, 6.45) is -0.375. The summed E-state index contributed by atoms with van der Waals surface area (Å²) < 4.78 is 23.6. The lowest BCUT2D eigenvalue weighted by Crippen LogP contribution is -2.19. The molecule has 6 nitrogen and oxygen atoms in total. The molecule has 0 rings (SSSR count). The highest BCUT2D eigenvalue weighted by Gasteiger charge is 2.07. The van der Waals surface area contributed by atoms with Crippen molar-refractivity contribution in [2.24, 2.45) is 5.73 Å². The van der Waals surface area contributed by atoms with E-state index in [-0.39, 0.29) is 13.0 Å². The minimum absolute atomic E-state index is 0.227. The third-order valence-electron chi connectivity index (χ3n) is 0.953. The molecule has 0 amide bonds. The van der Waals surface area contributed by atoms with Crippen LogP contribution >= 0.6 is 0 Å². The lowest BCUT2D eigenvalue weighted by Gasteiger charge is -1.94. The molecule has 0 aromatic heterocycles. The first-order chi connectivity index (χ1) is 5.56. The Labute approximate surface area is 70.8 Å². The highest BCUT2D eigenvalue weighted by molar-refractivity contribution is 7.67. The normalized spacial score (nSPS) is 10.2. The smallest absolute Gasteiger partial charge is 0.257 e. The number of hydrogen-bond donors (Lipinski definition) is 2. The average molecular weight is 195 g/mol. The molecule has 0 unspecified atom stereocenters. The van der Waals surface area contributed by atoms with Crippen molar-refractivity contribution in [3.63, 3.8) is 0 Å². The first kappa shape index (κ1) is 11.2. The molecule has 0 fully saturated rings. The zero-order valence-electron chi connectivity index (χ0n) is 6.19. The van der Waals surface area contributed by atoms with Crippen molar-refractivity contribution in [3.05, 3.63) is 0 Å². The van der Waals surface area contributed by atoms with Gasteiger partial charge in [-0.15, -0.1) is 0 Å². The Balaban J connectivity index is 3.67. The van der Waals surface area contributed by atoms with Crippen LogP contribution in [0.1, 0.15) is 6.42 Å². The van der Waals surface area contributed by atoms with Gasteiger partial charge in [-0.05, 0) is 0 Å². The maximum absolute atomic E-state index is 10.6.